The fourth-order valence-electron chi connectivity index (χ4n) is 2.02. The molecule has 0 aliphatic rings. The molecule has 1 aromatic rings. The van der Waals surface area contributed by atoms with Gasteiger partial charge in [0.25, 0.3) is 0 Å². The normalized spacial score (nSPS) is 14.5. The number of benzene rings is 1. The topological polar surface area (TPSA) is 12.0 Å². The number of rotatable bonds is 8. The molecule has 2 heteroatoms. The van der Waals surface area contributed by atoms with E-state index in [2.05, 4.69) is 65.4 Å². The van der Waals surface area contributed by atoms with E-state index in [1.807, 2.05) is 0 Å². The van der Waals surface area contributed by atoms with E-state index in [1.54, 1.807) is 0 Å². The summed E-state index contributed by atoms with van der Waals surface area (Å²) in [6.45, 7) is 5.59. The first-order valence-electron chi connectivity index (χ1n) is 6.60. The Labute approximate surface area is 114 Å². The van der Waals surface area contributed by atoms with E-state index in [-0.39, 0.29) is 0 Å². The summed E-state index contributed by atoms with van der Waals surface area (Å²) in [6, 6.07) is 11.3. The summed E-state index contributed by atoms with van der Waals surface area (Å²) in [4.78, 5) is 0.606. The van der Waals surface area contributed by atoms with Crippen molar-refractivity contribution >= 4 is 15.9 Å². The minimum Gasteiger partial charge on any atom is -0.314 e. The fraction of sp³-hybridized carbons (Fsp3) is 0.600. The molecule has 1 nitrogen and oxygen atoms in total. The number of aryl methyl sites for hydroxylation is 1. The molecule has 0 bridgehead atoms. The molecular formula is C15H24BrN. The number of nitrogens with one attached hydrogen (secondary N) is 1. The Bertz CT molecular complexity index is 284. The van der Waals surface area contributed by atoms with Crippen LogP contribution in [-0.2, 0) is 6.42 Å². The van der Waals surface area contributed by atoms with E-state index in [0.29, 0.717) is 10.9 Å². The monoisotopic (exact) mass is 297 g/mol. The van der Waals surface area contributed by atoms with Gasteiger partial charge >= 0.3 is 0 Å². The summed E-state index contributed by atoms with van der Waals surface area (Å²) in [7, 11) is 0. The highest BCUT2D eigenvalue weighted by Crippen LogP contribution is 2.07. The zero-order valence-electron chi connectivity index (χ0n) is 11.0. The molecule has 2 atom stereocenters. The molecule has 17 heavy (non-hydrogen) atoms. The first-order valence-corrected chi connectivity index (χ1v) is 7.51. The quantitative estimate of drug-likeness (QED) is 0.561. The largest absolute Gasteiger partial charge is 0.314 e. The summed E-state index contributed by atoms with van der Waals surface area (Å²) < 4.78 is 0. The van der Waals surface area contributed by atoms with Gasteiger partial charge < -0.3 is 5.32 Å². The average molecular weight is 298 g/mol. The van der Waals surface area contributed by atoms with Crippen LogP contribution in [0.1, 0.15) is 38.7 Å². The Morgan fingerprint density at radius 3 is 2.47 bits per heavy atom. The molecule has 2 unspecified atom stereocenters. The third-order valence-electron chi connectivity index (χ3n) is 2.91. The zero-order valence-corrected chi connectivity index (χ0v) is 12.5. The van der Waals surface area contributed by atoms with Gasteiger partial charge in [-0.3, -0.25) is 0 Å². The second-order valence-corrected chi connectivity index (χ2v) is 6.38. The summed E-state index contributed by atoms with van der Waals surface area (Å²) in [6.07, 6.45) is 4.92. The van der Waals surface area contributed by atoms with Crippen molar-refractivity contribution in [1.82, 2.24) is 5.32 Å². The van der Waals surface area contributed by atoms with Crippen LogP contribution < -0.4 is 5.32 Å². The van der Waals surface area contributed by atoms with Gasteiger partial charge in [0.15, 0.2) is 0 Å². The first-order chi connectivity index (χ1) is 8.18. The van der Waals surface area contributed by atoms with E-state index in [9.17, 15) is 0 Å². The van der Waals surface area contributed by atoms with Gasteiger partial charge in [-0.05, 0) is 44.7 Å². The number of alkyl halides is 1. The molecule has 0 aliphatic carbocycles. The van der Waals surface area contributed by atoms with Crippen LogP contribution in [0.15, 0.2) is 30.3 Å². The van der Waals surface area contributed by atoms with Crippen LogP contribution in [0.5, 0.6) is 0 Å². The van der Waals surface area contributed by atoms with Crippen molar-refractivity contribution in [2.24, 2.45) is 0 Å². The van der Waals surface area contributed by atoms with Crippen molar-refractivity contribution in [2.45, 2.75) is 50.4 Å². The van der Waals surface area contributed by atoms with Gasteiger partial charge in [0, 0.05) is 10.9 Å². The number of unbranched alkanes of at least 4 members (excludes halogenated alkanes) is 1. The van der Waals surface area contributed by atoms with Crippen LogP contribution in [0.4, 0.5) is 0 Å². The van der Waals surface area contributed by atoms with Crippen LogP contribution >= 0.6 is 15.9 Å². The molecule has 1 aromatic carbocycles. The maximum atomic E-state index is 3.59. The second-order valence-electron chi connectivity index (χ2n) is 4.81. The fourth-order valence-corrected chi connectivity index (χ4v) is 2.58. The van der Waals surface area contributed by atoms with Crippen LogP contribution in [0.25, 0.3) is 0 Å². The van der Waals surface area contributed by atoms with E-state index in [1.165, 1.54) is 31.2 Å². The van der Waals surface area contributed by atoms with Crippen LogP contribution in [0, 0.1) is 0 Å². The molecule has 0 aliphatic heterocycles. The minimum atomic E-state index is 0.606. The molecule has 1 N–H and O–H groups in total. The third kappa shape index (κ3) is 7.56. The maximum Gasteiger partial charge on any atom is 0.0132 e. The molecule has 0 aromatic heterocycles. The van der Waals surface area contributed by atoms with Gasteiger partial charge in [0.1, 0.15) is 0 Å². The van der Waals surface area contributed by atoms with Gasteiger partial charge in [0.2, 0.25) is 0 Å². The average Bonchev–Trinajstić information content (AvgIpc) is 2.29. The second kappa shape index (κ2) is 8.71. The summed E-state index contributed by atoms with van der Waals surface area (Å²) in [5.74, 6) is 0. The van der Waals surface area contributed by atoms with Crippen molar-refractivity contribution < 1.29 is 0 Å². The molecule has 0 radical (unpaired) electrons. The lowest BCUT2D eigenvalue weighted by Gasteiger charge is -2.14. The maximum absolute atomic E-state index is 3.59. The molecule has 0 amide bonds. The Morgan fingerprint density at radius 1 is 1.12 bits per heavy atom. The summed E-state index contributed by atoms with van der Waals surface area (Å²) in [5, 5.41) is 3.57. The van der Waals surface area contributed by atoms with Crippen LogP contribution in [0.2, 0.25) is 0 Å². The first kappa shape index (κ1) is 14.7. The van der Waals surface area contributed by atoms with Crippen molar-refractivity contribution in [3.05, 3.63) is 35.9 Å². The van der Waals surface area contributed by atoms with Gasteiger partial charge in [0.05, 0.1) is 0 Å². The van der Waals surface area contributed by atoms with Crippen molar-refractivity contribution in [2.75, 3.05) is 6.54 Å². The molecule has 0 saturated heterocycles. The van der Waals surface area contributed by atoms with Crippen LogP contribution in [-0.4, -0.2) is 17.4 Å². The van der Waals surface area contributed by atoms with Crippen LogP contribution in [0.3, 0.4) is 0 Å². The van der Waals surface area contributed by atoms with E-state index >= 15 is 0 Å². The van der Waals surface area contributed by atoms with E-state index in [0.717, 1.165) is 6.54 Å². The molecule has 0 saturated carbocycles. The van der Waals surface area contributed by atoms with Crippen molar-refractivity contribution in [3.63, 3.8) is 0 Å². The highest BCUT2D eigenvalue weighted by Gasteiger charge is 2.04. The Balaban J connectivity index is 2.01. The molecule has 1 rings (SSSR count). The molecule has 0 fully saturated rings. The summed E-state index contributed by atoms with van der Waals surface area (Å²) >= 11 is 3.59. The molecule has 0 heterocycles. The minimum absolute atomic E-state index is 0.606. The summed E-state index contributed by atoms with van der Waals surface area (Å²) in [5.41, 5.74) is 1.45. The SMILES string of the molecule is CC(Br)CC(C)NCCCCc1ccccc1. The number of hydrogen-bond donors (Lipinski definition) is 1. The molecule has 0 spiro atoms. The van der Waals surface area contributed by atoms with Crippen molar-refractivity contribution in [1.29, 1.82) is 0 Å². The lowest BCUT2D eigenvalue weighted by atomic mass is 10.1. The smallest absolute Gasteiger partial charge is 0.0132 e. The Kier molecular flexibility index (Phi) is 7.54. The predicted molar refractivity (Wildman–Crippen MR) is 79.9 cm³/mol. The zero-order chi connectivity index (χ0) is 12.5. The highest BCUT2D eigenvalue weighted by atomic mass is 79.9. The standard InChI is InChI=1S/C15H24BrN/c1-13(16)12-14(2)17-11-7-6-10-15-8-4-3-5-9-15/h3-5,8-9,13-14,17H,6-7,10-12H2,1-2H3. The van der Waals surface area contributed by atoms with Gasteiger partial charge in [-0.15, -0.1) is 0 Å². The molecule has 96 valence electrons. The lowest BCUT2D eigenvalue weighted by molar-refractivity contribution is 0.501. The predicted octanol–water partition coefficient (Wildman–Crippen LogP) is 4.16. The van der Waals surface area contributed by atoms with Gasteiger partial charge in [-0.1, -0.05) is 53.2 Å². The highest BCUT2D eigenvalue weighted by molar-refractivity contribution is 9.09. The third-order valence-corrected chi connectivity index (χ3v) is 3.28. The van der Waals surface area contributed by atoms with Gasteiger partial charge in [-0.25, -0.2) is 0 Å². The van der Waals surface area contributed by atoms with Crippen molar-refractivity contribution in [3.8, 4) is 0 Å². The Hall–Kier alpha value is -0.340. The van der Waals surface area contributed by atoms with E-state index < -0.39 is 0 Å². The number of hydrogen-bond acceptors (Lipinski definition) is 1. The number of halogens is 1. The van der Waals surface area contributed by atoms with Gasteiger partial charge in [-0.2, -0.15) is 0 Å². The molecular weight excluding hydrogens is 274 g/mol. The van der Waals surface area contributed by atoms with E-state index in [4.69, 9.17) is 0 Å². The Morgan fingerprint density at radius 2 is 1.82 bits per heavy atom. The lowest BCUT2D eigenvalue weighted by Crippen LogP contribution is -2.28.